The largest absolute Gasteiger partial charge is 0.430 e. The minimum absolute atomic E-state index is 0.769. The molecule has 0 saturated heterocycles. The summed E-state index contributed by atoms with van der Waals surface area (Å²) in [4.78, 5) is 19.6. The monoisotopic (exact) mass is 348 g/mol. The van der Waals surface area contributed by atoms with E-state index in [1.165, 1.54) is 41.2 Å². The summed E-state index contributed by atoms with van der Waals surface area (Å²) < 4.78 is 2.38. The number of oxime groups is 1. The average molecular weight is 348 g/mol. The third kappa shape index (κ3) is 3.18. The molecule has 0 radical (unpaired) electrons. The highest BCUT2D eigenvalue weighted by molar-refractivity contribution is 5.92. The minimum atomic E-state index is -0.916. The summed E-state index contributed by atoms with van der Waals surface area (Å²) in [5, 5.41) is 4.85. The molecule has 1 amide bonds. The molecule has 0 aliphatic heterocycles. The number of hydrogen-bond donors (Lipinski definition) is 1. The highest BCUT2D eigenvalue weighted by atomic mass is 16.7. The fraction of sp³-hybridized carbons (Fsp3) is 0.250. The van der Waals surface area contributed by atoms with Gasteiger partial charge < -0.3 is 10.3 Å². The van der Waals surface area contributed by atoms with Crippen molar-refractivity contribution in [3.05, 3.63) is 65.1 Å². The smallest absolute Gasteiger partial charge is 0.338 e. The van der Waals surface area contributed by atoms with Crippen LogP contribution in [0.2, 0.25) is 0 Å². The summed E-state index contributed by atoms with van der Waals surface area (Å²) in [6.07, 6.45) is 7.02. The van der Waals surface area contributed by atoms with Crippen LogP contribution in [-0.2, 0) is 24.2 Å². The quantitative estimate of drug-likeness (QED) is 0.446. The lowest BCUT2D eigenvalue weighted by Crippen LogP contribution is -2.09. The maximum Gasteiger partial charge on any atom is 0.430 e. The Labute approximate surface area is 151 Å². The van der Waals surface area contributed by atoms with Crippen LogP contribution in [0.5, 0.6) is 0 Å². The summed E-state index contributed by atoms with van der Waals surface area (Å²) in [5.74, 6) is 0. The van der Waals surface area contributed by atoms with E-state index in [1.54, 1.807) is 0 Å². The van der Waals surface area contributed by atoms with Gasteiger partial charge in [-0.2, -0.15) is 0 Å². The zero-order valence-corrected chi connectivity index (χ0v) is 14.4. The number of nitrogens with zero attached hydrogens (tertiary/aromatic N) is 3. The Kier molecular flexibility index (Phi) is 4.39. The van der Waals surface area contributed by atoms with E-state index < -0.39 is 6.09 Å². The highest BCUT2D eigenvalue weighted by Crippen LogP contribution is 2.33. The number of rotatable bonds is 4. The van der Waals surface area contributed by atoms with E-state index in [0.29, 0.717) is 0 Å². The first kappa shape index (κ1) is 16.3. The van der Waals surface area contributed by atoms with Crippen LogP contribution >= 0.6 is 0 Å². The summed E-state index contributed by atoms with van der Waals surface area (Å²) in [7, 11) is 0. The molecule has 0 saturated carbocycles. The van der Waals surface area contributed by atoms with Gasteiger partial charge in [-0.05, 0) is 61.1 Å². The molecule has 26 heavy (non-hydrogen) atoms. The molecule has 6 heteroatoms. The SMILES string of the molecule is NC(=O)O/N=C/c1ccc2c(c1)c1c(n2Cc2ccccn2)CCCC1. The van der Waals surface area contributed by atoms with Gasteiger partial charge in [0.2, 0.25) is 0 Å². The zero-order chi connectivity index (χ0) is 17.9. The second-order valence-electron chi connectivity index (χ2n) is 6.46. The second-order valence-corrected chi connectivity index (χ2v) is 6.46. The average Bonchev–Trinajstić information content (AvgIpc) is 2.96. The minimum Gasteiger partial charge on any atom is -0.338 e. The molecule has 1 aliphatic rings. The molecule has 2 N–H and O–H groups in total. The van der Waals surface area contributed by atoms with E-state index in [1.807, 2.05) is 24.4 Å². The lowest BCUT2D eigenvalue weighted by Gasteiger charge is -2.15. The molecule has 2 aromatic heterocycles. The van der Waals surface area contributed by atoms with Gasteiger partial charge in [-0.15, -0.1) is 0 Å². The van der Waals surface area contributed by atoms with Gasteiger partial charge in [0.05, 0.1) is 18.5 Å². The Morgan fingerprint density at radius 3 is 2.96 bits per heavy atom. The number of carbonyl (C=O) groups is 1. The van der Waals surface area contributed by atoms with Crippen molar-refractivity contribution >= 4 is 23.2 Å². The first-order valence-electron chi connectivity index (χ1n) is 8.76. The molecule has 1 aliphatic carbocycles. The Hall–Kier alpha value is -3.15. The van der Waals surface area contributed by atoms with Crippen molar-refractivity contribution in [1.29, 1.82) is 0 Å². The van der Waals surface area contributed by atoms with Crippen molar-refractivity contribution in [2.45, 2.75) is 32.2 Å². The predicted molar refractivity (Wildman–Crippen MR) is 100 cm³/mol. The normalized spacial score (nSPS) is 13.8. The van der Waals surface area contributed by atoms with Gasteiger partial charge in [-0.3, -0.25) is 9.82 Å². The van der Waals surface area contributed by atoms with Crippen molar-refractivity contribution in [3.8, 4) is 0 Å². The van der Waals surface area contributed by atoms with Gasteiger partial charge >= 0.3 is 6.09 Å². The van der Waals surface area contributed by atoms with Crippen molar-refractivity contribution in [2.24, 2.45) is 10.9 Å². The molecule has 132 valence electrons. The first-order chi connectivity index (χ1) is 12.7. The van der Waals surface area contributed by atoms with E-state index in [2.05, 4.69) is 37.7 Å². The third-order valence-electron chi connectivity index (χ3n) is 4.79. The number of hydrogen-bond acceptors (Lipinski definition) is 4. The van der Waals surface area contributed by atoms with Crippen LogP contribution in [0.1, 0.15) is 35.4 Å². The molecule has 0 unspecified atom stereocenters. The number of amides is 1. The van der Waals surface area contributed by atoms with Gasteiger partial charge in [-0.25, -0.2) is 4.79 Å². The van der Waals surface area contributed by atoms with Crippen molar-refractivity contribution in [3.63, 3.8) is 0 Å². The van der Waals surface area contributed by atoms with Crippen molar-refractivity contribution in [2.75, 3.05) is 0 Å². The van der Waals surface area contributed by atoms with Crippen LogP contribution in [0.15, 0.2) is 47.8 Å². The molecular weight excluding hydrogens is 328 g/mol. The summed E-state index contributed by atoms with van der Waals surface area (Å²) in [6.45, 7) is 0.769. The van der Waals surface area contributed by atoms with E-state index in [-0.39, 0.29) is 0 Å². The lowest BCUT2D eigenvalue weighted by molar-refractivity contribution is 0.162. The molecule has 6 nitrogen and oxygen atoms in total. The topological polar surface area (TPSA) is 82.5 Å². The second kappa shape index (κ2) is 7.00. The standard InChI is InChI=1S/C20H20N4O2/c21-20(25)26-23-12-14-8-9-19-17(11-14)16-6-1-2-7-18(16)24(19)13-15-5-3-4-10-22-15/h3-5,8-12H,1-2,6-7,13H2,(H2,21,25)/b23-12+. The number of aryl methyl sites for hydroxylation is 1. The van der Waals surface area contributed by atoms with Crippen molar-refractivity contribution in [1.82, 2.24) is 9.55 Å². The molecule has 3 aromatic rings. The maximum absolute atomic E-state index is 10.6. The van der Waals surface area contributed by atoms with Crippen LogP contribution in [0.3, 0.4) is 0 Å². The van der Waals surface area contributed by atoms with Gasteiger partial charge in [0.15, 0.2) is 0 Å². The number of carbonyl (C=O) groups excluding carboxylic acids is 1. The zero-order valence-electron chi connectivity index (χ0n) is 14.4. The van der Waals surface area contributed by atoms with E-state index >= 15 is 0 Å². The third-order valence-corrected chi connectivity index (χ3v) is 4.79. The van der Waals surface area contributed by atoms with Crippen LogP contribution in [0.4, 0.5) is 4.79 Å². The number of nitrogens with two attached hydrogens (primary N) is 1. The fourth-order valence-electron chi connectivity index (χ4n) is 3.71. The molecule has 1 aromatic carbocycles. The number of benzene rings is 1. The molecule has 0 fully saturated rings. The molecule has 2 heterocycles. The molecule has 0 atom stereocenters. The van der Waals surface area contributed by atoms with Crippen LogP contribution in [0.25, 0.3) is 10.9 Å². The summed E-state index contributed by atoms with van der Waals surface area (Å²) in [5.41, 5.74) is 10.9. The van der Waals surface area contributed by atoms with Crippen LogP contribution in [0, 0.1) is 0 Å². The summed E-state index contributed by atoms with van der Waals surface area (Å²) >= 11 is 0. The highest BCUT2D eigenvalue weighted by Gasteiger charge is 2.20. The Morgan fingerprint density at radius 2 is 2.15 bits per heavy atom. The summed E-state index contributed by atoms with van der Waals surface area (Å²) in [6, 6.07) is 12.2. The van der Waals surface area contributed by atoms with Gasteiger partial charge in [0.1, 0.15) is 0 Å². The van der Waals surface area contributed by atoms with Crippen LogP contribution < -0.4 is 5.73 Å². The lowest BCUT2D eigenvalue weighted by atomic mass is 9.95. The molecule has 0 bridgehead atoms. The number of aromatic nitrogens is 2. The number of pyridine rings is 1. The predicted octanol–water partition coefficient (Wildman–Crippen LogP) is 3.39. The number of fused-ring (bicyclic) bond motifs is 3. The van der Waals surface area contributed by atoms with E-state index in [9.17, 15) is 4.79 Å². The molecule has 0 spiro atoms. The Bertz CT molecular complexity index is 976. The van der Waals surface area contributed by atoms with Gasteiger partial charge in [0, 0.05) is 22.8 Å². The molecule has 4 rings (SSSR count). The fourth-order valence-corrected chi connectivity index (χ4v) is 3.71. The van der Waals surface area contributed by atoms with Crippen LogP contribution in [-0.4, -0.2) is 21.9 Å². The van der Waals surface area contributed by atoms with Gasteiger partial charge in [-0.1, -0.05) is 17.3 Å². The Morgan fingerprint density at radius 1 is 1.27 bits per heavy atom. The maximum atomic E-state index is 10.6. The Balaban J connectivity index is 1.77. The number of primary amides is 1. The molecular formula is C20H20N4O2. The van der Waals surface area contributed by atoms with E-state index in [0.717, 1.165) is 30.6 Å². The van der Waals surface area contributed by atoms with Gasteiger partial charge in [0.25, 0.3) is 0 Å². The van der Waals surface area contributed by atoms with Crippen molar-refractivity contribution < 1.29 is 9.63 Å². The van der Waals surface area contributed by atoms with E-state index in [4.69, 9.17) is 5.73 Å². The first-order valence-corrected chi connectivity index (χ1v) is 8.76.